The van der Waals surface area contributed by atoms with Gasteiger partial charge in [-0.3, -0.25) is 0 Å². The summed E-state index contributed by atoms with van der Waals surface area (Å²) in [6.45, 7) is 13.3. The minimum absolute atomic E-state index is 0. The third kappa shape index (κ3) is 6.89. The fraction of sp³-hybridized carbons (Fsp3) is 0.357. The first kappa shape index (κ1) is 26.8. The molecule has 4 aromatic carbocycles. The molecule has 0 aliphatic rings. The van der Waals surface area contributed by atoms with Crippen LogP contribution >= 0.6 is 0 Å². The Balaban J connectivity index is 0.000000258. The number of benzene rings is 2. The van der Waals surface area contributed by atoms with Gasteiger partial charge in [-0.25, -0.2) is 0 Å². The van der Waals surface area contributed by atoms with Crippen LogP contribution in [0.15, 0.2) is 60.7 Å². The Morgan fingerprint density at radius 3 is 1.33 bits per heavy atom. The van der Waals surface area contributed by atoms with Crippen molar-refractivity contribution >= 4 is 31.1 Å². The summed E-state index contributed by atoms with van der Waals surface area (Å²) in [6, 6.07) is 21.9. The molecule has 0 amide bonds. The maximum Gasteiger partial charge on any atom is 0.0213 e. The van der Waals surface area contributed by atoms with Crippen LogP contribution in [0.5, 0.6) is 0 Å². The molecule has 2 heteroatoms. The summed E-state index contributed by atoms with van der Waals surface area (Å²) >= 11 is 0. The molecule has 0 N–H and O–H groups in total. The van der Waals surface area contributed by atoms with Crippen LogP contribution in [0.4, 0.5) is 0 Å². The van der Waals surface area contributed by atoms with E-state index in [1.807, 2.05) is 0 Å². The predicted octanol–water partition coefficient (Wildman–Crippen LogP) is 8.16. The molecule has 0 aliphatic heterocycles. The Morgan fingerprint density at radius 2 is 1.00 bits per heavy atom. The van der Waals surface area contributed by atoms with E-state index in [9.17, 15) is 0 Å². The number of rotatable bonds is 4. The van der Waals surface area contributed by atoms with Crippen molar-refractivity contribution in [2.24, 2.45) is 0 Å². The van der Waals surface area contributed by atoms with E-state index in [-0.39, 0.29) is 25.8 Å². The zero-order valence-electron chi connectivity index (χ0n) is 19.7. The summed E-state index contributed by atoms with van der Waals surface area (Å²) in [4.78, 5) is 0. The summed E-state index contributed by atoms with van der Waals surface area (Å²) in [5, 5.41) is 5.68. The van der Waals surface area contributed by atoms with Gasteiger partial charge in [0.1, 0.15) is 0 Å². The van der Waals surface area contributed by atoms with Crippen molar-refractivity contribution in [1.29, 1.82) is 0 Å². The first-order valence-electron chi connectivity index (χ1n) is 11.1. The van der Waals surface area contributed by atoms with Crippen molar-refractivity contribution in [1.82, 2.24) is 0 Å². The smallest absolute Gasteiger partial charge is 0.0213 e. The summed E-state index contributed by atoms with van der Waals surface area (Å²) in [7, 11) is 0.750. The molecule has 0 aliphatic carbocycles. The topological polar surface area (TPSA) is 0 Å². The molecule has 0 aromatic heterocycles. The van der Waals surface area contributed by atoms with Crippen molar-refractivity contribution < 1.29 is 25.8 Å². The minimum Gasteiger partial charge on any atom is -0.150 e. The molecule has 30 heavy (non-hydrogen) atoms. The number of fused-ring (bicyclic) bond motifs is 2. The Hall–Kier alpha value is -1.25. The predicted molar refractivity (Wildman–Crippen MR) is 135 cm³/mol. The van der Waals surface area contributed by atoms with Gasteiger partial charge in [0.2, 0.25) is 0 Å². The molecule has 159 valence electrons. The monoisotopic (exact) mass is 581 g/mol. The molecular formula is C28H37HfSi-2. The second kappa shape index (κ2) is 13.9. The minimum atomic E-state index is 0. The van der Waals surface area contributed by atoms with Gasteiger partial charge in [0, 0.05) is 35.4 Å². The van der Waals surface area contributed by atoms with Gasteiger partial charge >= 0.3 is 0 Å². The summed E-state index contributed by atoms with van der Waals surface area (Å²) < 4.78 is 0. The Kier molecular flexibility index (Phi) is 12.4. The van der Waals surface area contributed by atoms with E-state index in [0.717, 1.165) is 9.52 Å². The van der Waals surface area contributed by atoms with E-state index >= 15 is 0 Å². The third-order valence-electron chi connectivity index (χ3n) is 5.27. The Bertz CT molecular complexity index is 924. The van der Waals surface area contributed by atoms with E-state index in [4.69, 9.17) is 0 Å². The van der Waals surface area contributed by atoms with Gasteiger partial charge in [-0.15, -0.1) is 81.2 Å². The van der Waals surface area contributed by atoms with Gasteiger partial charge < -0.3 is 0 Å². The molecule has 4 rings (SSSR count). The molecule has 0 spiro atoms. The number of hydrogen-bond donors (Lipinski definition) is 0. The molecule has 0 fully saturated rings. The van der Waals surface area contributed by atoms with Crippen LogP contribution in [0, 0.1) is 13.8 Å². The quantitative estimate of drug-likeness (QED) is 0.169. The van der Waals surface area contributed by atoms with Gasteiger partial charge in [-0.1, -0.05) is 78.6 Å². The van der Waals surface area contributed by atoms with Crippen LogP contribution < -0.4 is 0 Å². The summed E-state index contributed by atoms with van der Waals surface area (Å²) in [6.07, 6.45) is 4.88. The van der Waals surface area contributed by atoms with Crippen molar-refractivity contribution in [3.63, 3.8) is 0 Å². The Labute approximate surface area is 205 Å². The second-order valence-corrected chi connectivity index (χ2v) is 9.02. The maximum atomic E-state index is 2.29. The molecule has 0 atom stereocenters. The van der Waals surface area contributed by atoms with E-state index in [0.29, 0.717) is 0 Å². The normalized spacial score (nSPS) is 10.1. The summed E-state index contributed by atoms with van der Waals surface area (Å²) in [5.41, 5.74) is 5.97. The Morgan fingerprint density at radius 1 is 0.667 bits per heavy atom. The fourth-order valence-electron chi connectivity index (χ4n) is 4.02. The van der Waals surface area contributed by atoms with Crippen LogP contribution in [0.3, 0.4) is 0 Å². The first-order chi connectivity index (χ1) is 14.1. The van der Waals surface area contributed by atoms with Crippen molar-refractivity contribution in [3.05, 3.63) is 82.9 Å². The fourth-order valence-corrected chi connectivity index (χ4v) is 4.02. The zero-order chi connectivity index (χ0) is 21.2. The van der Waals surface area contributed by atoms with Crippen LogP contribution in [-0.4, -0.2) is 9.52 Å². The third-order valence-corrected chi connectivity index (χ3v) is 5.27. The van der Waals surface area contributed by atoms with E-state index in [2.05, 4.69) is 101 Å². The SMILES string of the molecule is CCCc1c(C)[cH-]c2ccccc12.CCCc1c(C)[cH-]c2ccccc12.C[SiH]C.[Hf]. The molecule has 0 nitrogen and oxygen atoms in total. The van der Waals surface area contributed by atoms with E-state index < -0.39 is 0 Å². The molecular weight excluding hydrogens is 543 g/mol. The largest absolute Gasteiger partial charge is 0.150 e. The number of aryl methyl sites for hydroxylation is 4. The van der Waals surface area contributed by atoms with Crippen LogP contribution in [0.1, 0.15) is 48.9 Å². The van der Waals surface area contributed by atoms with Gasteiger partial charge in [-0.05, 0) is 0 Å². The number of hydrogen-bond acceptors (Lipinski definition) is 0. The zero-order valence-corrected chi connectivity index (χ0v) is 24.4. The maximum absolute atomic E-state index is 2.29. The van der Waals surface area contributed by atoms with E-state index in [1.54, 1.807) is 0 Å². The standard InChI is InChI=1S/2C13H15.C2H7Si.Hf/c2*1-3-6-12-10(2)9-11-7-4-5-8-13(11)12;1-3-2;/h2*4-5,7-9H,3,6H2,1-2H3;3H,1-2H3;/q2*-1;;. The van der Waals surface area contributed by atoms with Crippen molar-refractivity contribution in [2.75, 3.05) is 0 Å². The van der Waals surface area contributed by atoms with Crippen molar-refractivity contribution in [3.8, 4) is 0 Å². The van der Waals surface area contributed by atoms with Gasteiger partial charge in [0.15, 0.2) is 0 Å². The average Bonchev–Trinajstić information content (AvgIpc) is 3.20. The van der Waals surface area contributed by atoms with Gasteiger partial charge in [0.25, 0.3) is 0 Å². The molecule has 0 heterocycles. The first-order valence-corrected chi connectivity index (χ1v) is 13.4. The molecule has 0 bridgehead atoms. The van der Waals surface area contributed by atoms with Gasteiger partial charge in [0.05, 0.1) is 0 Å². The van der Waals surface area contributed by atoms with Crippen LogP contribution in [-0.2, 0) is 38.7 Å². The van der Waals surface area contributed by atoms with Gasteiger partial charge in [-0.2, -0.15) is 11.1 Å². The second-order valence-electron chi connectivity index (χ2n) is 7.86. The van der Waals surface area contributed by atoms with Crippen LogP contribution in [0.25, 0.3) is 21.5 Å². The van der Waals surface area contributed by atoms with E-state index in [1.165, 1.54) is 69.5 Å². The summed E-state index contributed by atoms with van der Waals surface area (Å²) in [5.74, 6) is 0. The molecule has 1 radical (unpaired) electrons. The van der Waals surface area contributed by atoms with Crippen LogP contribution in [0.2, 0.25) is 13.1 Å². The molecule has 4 aromatic rings. The molecule has 0 saturated carbocycles. The average molecular weight is 580 g/mol. The molecule has 0 unspecified atom stereocenters. The van der Waals surface area contributed by atoms with Crippen molar-refractivity contribution in [2.45, 2.75) is 66.5 Å². The molecule has 0 saturated heterocycles.